The number of rotatable bonds is 5. The van der Waals surface area contributed by atoms with Crippen molar-refractivity contribution in [1.82, 2.24) is 10.6 Å². The standard InChI is InChI=1S/C15H20Cl2N2O2S/c1-22-9-14(20)19-8-11-7-18-4-5-21-15(11)10-2-3-12(16)13(17)6-10/h2-3,6,11,15,18H,4-5,7-9H2,1H3,(H,19,20)/t11-,15-/m0/s1. The summed E-state index contributed by atoms with van der Waals surface area (Å²) < 4.78 is 5.97. The molecule has 1 aliphatic heterocycles. The number of thioether (sulfide) groups is 1. The summed E-state index contributed by atoms with van der Waals surface area (Å²) in [5, 5.41) is 7.35. The van der Waals surface area contributed by atoms with E-state index in [2.05, 4.69) is 10.6 Å². The maximum Gasteiger partial charge on any atom is 0.229 e. The highest BCUT2D eigenvalue weighted by Gasteiger charge is 2.27. The molecule has 1 aromatic carbocycles. The third-order valence-corrected chi connectivity index (χ3v) is 4.81. The third-order valence-electron chi connectivity index (χ3n) is 3.52. The van der Waals surface area contributed by atoms with Crippen molar-refractivity contribution in [3.63, 3.8) is 0 Å². The Morgan fingerprint density at radius 3 is 3.00 bits per heavy atom. The molecular weight excluding hydrogens is 343 g/mol. The highest BCUT2D eigenvalue weighted by Crippen LogP contribution is 2.31. The molecule has 4 nitrogen and oxygen atoms in total. The average Bonchev–Trinajstić information content (AvgIpc) is 2.74. The van der Waals surface area contributed by atoms with Gasteiger partial charge in [0.05, 0.1) is 28.5 Å². The number of halogens is 2. The molecule has 2 atom stereocenters. The maximum atomic E-state index is 11.7. The van der Waals surface area contributed by atoms with Crippen LogP contribution in [0.1, 0.15) is 11.7 Å². The van der Waals surface area contributed by atoms with E-state index in [1.54, 1.807) is 6.07 Å². The van der Waals surface area contributed by atoms with Crippen LogP contribution in [0, 0.1) is 5.92 Å². The van der Waals surface area contributed by atoms with E-state index in [-0.39, 0.29) is 17.9 Å². The summed E-state index contributed by atoms with van der Waals surface area (Å²) in [7, 11) is 0. The fraction of sp³-hybridized carbons (Fsp3) is 0.533. The van der Waals surface area contributed by atoms with E-state index in [4.69, 9.17) is 27.9 Å². The smallest absolute Gasteiger partial charge is 0.229 e. The molecule has 1 heterocycles. The van der Waals surface area contributed by atoms with Crippen molar-refractivity contribution in [2.75, 3.05) is 38.2 Å². The van der Waals surface area contributed by atoms with E-state index in [0.29, 0.717) is 28.9 Å². The van der Waals surface area contributed by atoms with Crippen LogP contribution >= 0.6 is 35.0 Å². The molecule has 2 rings (SSSR count). The fourth-order valence-electron chi connectivity index (χ4n) is 2.45. The lowest BCUT2D eigenvalue weighted by Gasteiger charge is -2.25. The van der Waals surface area contributed by atoms with Crippen LogP contribution in [0.2, 0.25) is 10.0 Å². The summed E-state index contributed by atoms with van der Waals surface area (Å²) in [4.78, 5) is 11.7. The van der Waals surface area contributed by atoms with E-state index in [0.717, 1.165) is 18.7 Å². The summed E-state index contributed by atoms with van der Waals surface area (Å²) >= 11 is 13.6. The van der Waals surface area contributed by atoms with Crippen LogP contribution in [0.5, 0.6) is 0 Å². The van der Waals surface area contributed by atoms with Crippen LogP contribution in [0.4, 0.5) is 0 Å². The molecule has 0 bridgehead atoms. The predicted molar refractivity (Wildman–Crippen MR) is 92.9 cm³/mol. The van der Waals surface area contributed by atoms with Gasteiger partial charge in [0.2, 0.25) is 5.91 Å². The lowest BCUT2D eigenvalue weighted by molar-refractivity contribution is -0.118. The minimum atomic E-state index is -0.112. The van der Waals surface area contributed by atoms with Gasteiger partial charge >= 0.3 is 0 Å². The van der Waals surface area contributed by atoms with Gasteiger partial charge in [-0.05, 0) is 24.0 Å². The quantitative estimate of drug-likeness (QED) is 0.845. The average molecular weight is 363 g/mol. The van der Waals surface area contributed by atoms with Gasteiger partial charge in [0.15, 0.2) is 0 Å². The number of hydrogen-bond acceptors (Lipinski definition) is 4. The van der Waals surface area contributed by atoms with Gasteiger partial charge in [0.1, 0.15) is 0 Å². The molecule has 0 aliphatic carbocycles. The number of amides is 1. The van der Waals surface area contributed by atoms with Crippen molar-refractivity contribution >= 4 is 40.9 Å². The molecule has 1 fully saturated rings. The number of carbonyl (C=O) groups is 1. The molecule has 0 spiro atoms. The Bertz CT molecular complexity index is 516. The molecule has 2 N–H and O–H groups in total. The second kappa shape index (κ2) is 8.99. The second-order valence-corrected chi connectivity index (χ2v) is 6.85. The number of hydrogen-bond donors (Lipinski definition) is 2. The van der Waals surface area contributed by atoms with Crippen molar-refractivity contribution in [1.29, 1.82) is 0 Å². The Morgan fingerprint density at radius 2 is 2.27 bits per heavy atom. The highest BCUT2D eigenvalue weighted by molar-refractivity contribution is 7.99. The number of nitrogens with one attached hydrogen (secondary N) is 2. The molecule has 1 aromatic rings. The van der Waals surface area contributed by atoms with Gasteiger partial charge in [0.25, 0.3) is 0 Å². The van der Waals surface area contributed by atoms with E-state index in [1.807, 2.05) is 18.4 Å². The zero-order valence-electron chi connectivity index (χ0n) is 12.4. The van der Waals surface area contributed by atoms with Gasteiger partial charge in [-0.25, -0.2) is 0 Å². The van der Waals surface area contributed by atoms with Crippen LogP contribution in [-0.4, -0.2) is 44.2 Å². The first-order valence-corrected chi connectivity index (χ1v) is 9.29. The molecule has 1 saturated heterocycles. The molecule has 122 valence electrons. The Hall–Kier alpha value is -0.460. The van der Waals surface area contributed by atoms with Gasteiger partial charge in [-0.3, -0.25) is 4.79 Å². The number of carbonyl (C=O) groups excluding carboxylic acids is 1. The molecule has 0 radical (unpaired) electrons. The van der Waals surface area contributed by atoms with E-state index >= 15 is 0 Å². The summed E-state index contributed by atoms with van der Waals surface area (Å²) in [6.45, 7) is 2.77. The summed E-state index contributed by atoms with van der Waals surface area (Å²) in [5.41, 5.74) is 0.988. The second-order valence-electron chi connectivity index (χ2n) is 5.17. The molecule has 1 amide bonds. The predicted octanol–water partition coefficient (Wildman–Crippen LogP) is 2.75. The van der Waals surface area contributed by atoms with Crippen LogP contribution in [0.15, 0.2) is 18.2 Å². The highest BCUT2D eigenvalue weighted by atomic mass is 35.5. The Labute approximate surface area is 145 Å². The molecule has 22 heavy (non-hydrogen) atoms. The SMILES string of the molecule is CSCC(=O)NC[C@@H]1CNCCO[C@H]1c1ccc(Cl)c(Cl)c1. The third kappa shape index (κ3) is 5.03. The fourth-order valence-corrected chi connectivity index (χ4v) is 3.12. The Balaban J connectivity index is 2.09. The van der Waals surface area contributed by atoms with E-state index < -0.39 is 0 Å². The molecule has 0 unspecified atom stereocenters. The zero-order valence-corrected chi connectivity index (χ0v) is 14.7. The van der Waals surface area contributed by atoms with Crippen molar-refractivity contribution < 1.29 is 9.53 Å². The van der Waals surface area contributed by atoms with Crippen LogP contribution in [0.25, 0.3) is 0 Å². The first-order valence-electron chi connectivity index (χ1n) is 7.14. The van der Waals surface area contributed by atoms with Gasteiger partial charge < -0.3 is 15.4 Å². The van der Waals surface area contributed by atoms with Crippen molar-refractivity contribution in [3.05, 3.63) is 33.8 Å². The maximum absolute atomic E-state index is 11.7. The molecular formula is C15H20Cl2N2O2S. The monoisotopic (exact) mass is 362 g/mol. The lowest BCUT2D eigenvalue weighted by atomic mass is 9.95. The van der Waals surface area contributed by atoms with Crippen molar-refractivity contribution in [2.45, 2.75) is 6.10 Å². The van der Waals surface area contributed by atoms with Crippen LogP contribution in [-0.2, 0) is 9.53 Å². The zero-order chi connectivity index (χ0) is 15.9. The van der Waals surface area contributed by atoms with E-state index in [9.17, 15) is 4.79 Å². The molecule has 7 heteroatoms. The summed E-state index contributed by atoms with van der Waals surface area (Å²) in [6, 6.07) is 5.56. The number of ether oxygens (including phenoxy) is 1. The Kier molecular flexibility index (Phi) is 7.31. The Morgan fingerprint density at radius 1 is 1.45 bits per heavy atom. The molecule has 0 aromatic heterocycles. The van der Waals surface area contributed by atoms with Crippen molar-refractivity contribution in [3.8, 4) is 0 Å². The van der Waals surface area contributed by atoms with Gasteiger partial charge in [-0.2, -0.15) is 11.8 Å². The summed E-state index contributed by atoms with van der Waals surface area (Å²) in [6.07, 6.45) is 1.80. The first-order chi connectivity index (χ1) is 10.6. The lowest BCUT2D eigenvalue weighted by Crippen LogP contribution is -2.37. The summed E-state index contributed by atoms with van der Waals surface area (Å²) in [5.74, 6) is 0.661. The minimum absolute atomic E-state index is 0.0460. The van der Waals surface area contributed by atoms with Crippen LogP contribution < -0.4 is 10.6 Å². The largest absolute Gasteiger partial charge is 0.372 e. The minimum Gasteiger partial charge on any atom is -0.372 e. The van der Waals surface area contributed by atoms with E-state index in [1.165, 1.54) is 11.8 Å². The normalized spacial score (nSPS) is 22.1. The molecule has 0 saturated carbocycles. The molecule has 1 aliphatic rings. The number of benzene rings is 1. The van der Waals surface area contributed by atoms with Gasteiger partial charge in [0, 0.05) is 25.6 Å². The van der Waals surface area contributed by atoms with Gasteiger partial charge in [-0.15, -0.1) is 0 Å². The van der Waals surface area contributed by atoms with Gasteiger partial charge in [-0.1, -0.05) is 29.3 Å². The topological polar surface area (TPSA) is 50.4 Å². The van der Waals surface area contributed by atoms with Crippen molar-refractivity contribution in [2.24, 2.45) is 5.92 Å². The van der Waals surface area contributed by atoms with Crippen LogP contribution in [0.3, 0.4) is 0 Å². The first kappa shape index (κ1) is 17.9.